The molecule has 2 unspecified atom stereocenters. The number of carbonyl (C=O) groups excluding carboxylic acids is 2. The molecule has 0 aromatic heterocycles. The molecule has 1 heterocycles. The summed E-state index contributed by atoms with van der Waals surface area (Å²) in [6, 6.07) is 0. The number of methoxy groups -OCH3 is 1. The van der Waals surface area contributed by atoms with Gasteiger partial charge in [0.25, 0.3) is 0 Å². The van der Waals surface area contributed by atoms with Crippen molar-refractivity contribution in [3.63, 3.8) is 0 Å². The fraction of sp³-hybridized carbons (Fsp3) is 0.643. The third-order valence-corrected chi connectivity index (χ3v) is 6.97. The summed E-state index contributed by atoms with van der Waals surface area (Å²) in [6.45, 7) is 4.50. The highest BCUT2D eigenvalue weighted by Gasteiger charge is 2.45. The van der Waals surface area contributed by atoms with Crippen LogP contribution in [0.5, 0.6) is 0 Å². The number of ether oxygens (including phenoxy) is 3. The summed E-state index contributed by atoms with van der Waals surface area (Å²) in [7, 11) is 1.42. The Morgan fingerprint density at radius 3 is 2.91 bits per heavy atom. The van der Waals surface area contributed by atoms with E-state index in [4.69, 9.17) is 14.2 Å². The van der Waals surface area contributed by atoms with Gasteiger partial charge < -0.3 is 14.2 Å². The van der Waals surface area contributed by atoms with Crippen LogP contribution in [0.15, 0.2) is 36.0 Å². The molecule has 0 spiro atoms. The van der Waals surface area contributed by atoms with Gasteiger partial charge in [-0.15, -0.1) is 11.8 Å². The van der Waals surface area contributed by atoms with Gasteiger partial charge in [-0.25, -0.2) is 0 Å². The Balaban J connectivity index is 1.65. The number of hydrogen-bond acceptors (Lipinski definition) is 5. The molecule has 3 aliphatic rings. The molecule has 1 saturated carbocycles. The van der Waals surface area contributed by atoms with Crippen molar-refractivity contribution in [2.24, 2.45) is 23.7 Å². The van der Waals surface area contributed by atoms with Crippen molar-refractivity contribution in [1.29, 1.82) is 0 Å². The second-order valence-corrected chi connectivity index (χ2v) is 9.37. The first-order valence-electron chi connectivity index (χ1n) is 12.3. The minimum Gasteiger partial charge on any atom is -0.469 e. The molecule has 2 fully saturated rings. The third-order valence-electron chi connectivity index (χ3n) is 6.97. The second-order valence-electron chi connectivity index (χ2n) is 9.37. The zero-order chi connectivity index (χ0) is 23.6. The van der Waals surface area contributed by atoms with E-state index in [1.165, 1.54) is 12.7 Å². The van der Waals surface area contributed by atoms with E-state index in [0.29, 0.717) is 31.1 Å². The van der Waals surface area contributed by atoms with Gasteiger partial charge in [0, 0.05) is 31.3 Å². The van der Waals surface area contributed by atoms with Crippen LogP contribution in [0.2, 0.25) is 0 Å². The van der Waals surface area contributed by atoms with Gasteiger partial charge in [-0.05, 0) is 63.4 Å². The molecule has 0 bridgehead atoms. The van der Waals surface area contributed by atoms with E-state index >= 15 is 0 Å². The molecule has 1 saturated heterocycles. The molecule has 0 N–H and O–H groups in total. The topological polar surface area (TPSA) is 61.8 Å². The highest BCUT2D eigenvalue weighted by molar-refractivity contribution is 5.91. The number of allylic oxidation sites excluding steroid dienone is 5. The number of hydrogen-bond donors (Lipinski definition) is 0. The Bertz CT molecular complexity index is 821. The largest absolute Gasteiger partial charge is 0.469 e. The van der Waals surface area contributed by atoms with Crippen molar-refractivity contribution in [2.45, 2.75) is 77.6 Å². The van der Waals surface area contributed by atoms with Crippen molar-refractivity contribution < 1.29 is 23.8 Å². The van der Waals surface area contributed by atoms with E-state index in [0.717, 1.165) is 38.7 Å². The summed E-state index contributed by atoms with van der Waals surface area (Å²) in [5, 5.41) is 0. The lowest BCUT2D eigenvalue weighted by Gasteiger charge is -2.29. The molecular formula is C28H38O5. The molecule has 33 heavy (non-hydrogen) atoms. The lowest BCUT2D eigenvalue weighted by molar-refractivity contribution is -0.192. The number of rotatable bonds is 10. The van der Waals surface area contributed by atoms with Crippen molar-refractivity contribution in [1.82, 2.24) is 0 Å². The number of ketones is 1. The zero-order valence-electron chi connectivity index (χ0n) is 20.3. The Kier molecular flexibility index (Phi) is 9.96. The first-order chi connectivity index (χ1) is 16.0. The second kappa shape index (κ2) is 12.9. The maximum Gasteiger partial charge on any atom is 0.305 e. The molecule has 3 rings (SSSR count). The molecule has 5 heteroatoms. The molecule has 0 aromatic carbocycles. The summed E-state index contributed by atoms with van der Waals surface area (Å²) in [5.74, 6) is 6.77. The van der Waals surface area contributed by atoms with E-state index in [-0.39, 0.29) is 36.0 Å². The van der Waals surface area contributed by atoms with Gasteiger partial charge in [-0.2, -0.15) is 0 Å². The van der Waals surface area contributed by atoms with Crippen LogP contribution >= 0.6 is 0 Å². The van der Waals surface area contributed by atoms with Crippen LogP contribution in [0.25, 0.3) is 0 Å². The Hall–Kier alpha value is -2.16. The summed E-state index contributed by atoms with van der Waals surface area (Å²) in [5.41, 5.74) is 1.30. The quantitative estimate of drug-likeness (QED) is 0.259. The fourth-order valence-corrected chi connectivity index (χ4v) is 5.07. The van der Waals surface area contributed by atoms with Crippen LogP contribution in [-0.4, -0.2) is 37.9 Å². The minimum atomic E-state index is -0.184. The maximum atomic E-state index is 12.6. The first kappa shape index (κ1) is 25.5. The standard InChI is InChI=1S/C28H38O5/c1-4-5-10-20(2)25(29)15-14-23-24-18-21(11-6-7-12-27(30)31-3)17-22(24)19-26(23)33-28-13-8-9-16-32-28/h6,11,14-15,17,20,22-24,26,28H,7-10,12-13,16,18-19H2,1-3H3/b11-6?,15-14-/t20?,22-,23+,24+,26-,28?/m1/s1. The molecule has 1 aliphatic heterocycles. The van der Waals surface area contributed by atoms with Crippen LogP contribution < -0.4 is 0 Å². The van der Waals surface area contributed by atoms with E-state index in [1.54, 1.807) is 13.0 Å². The minimum absolute atomic E-state index is 0.0685. The lowest BCUT2D eigenvalue weighted by atomic mass is 9.88. The monoisotopic (exact) mass is 454 g/mol. The zero-order valence-corrected chi connectivity index (χ0v) is 20.3. The van der Waals surface area contributed by atoms with E-state index in [1.807, 2.05) is 6.92 Å². The van der Waals surface area contributed by atoms with Gasteiger partial charge in [-0.3, -0.25) is 9.59 Å². The normalized spacial score (nSPS) is 30.0. The predicted molar refractivity (Wildman–Crippen MR) is 128 cm³/mol. The maximum absolute atomic E-state index is 12.6. The average molecular weight is 455 g/mol. The summed E-state index contributed by atoms with van der Waals surface area (Å²) >= 11 is 0. The highest BCUT2D eigenvalue weighted by Crippen LogP contribution is 2.49. The number of esters is 1. The van der Waals surface area contributed by atoms with Gasteiger partial charge in [0.05, 0.1) is 13.2 Å². The molecular weight excluding hydrogens is 416 g/mol. The molecule has 180 valence electrons. The Morgan fingerprint density at radius 1 is 1.33 bits per heavy atom. The molecule has 5 nitrogen and oxygen atoms in total. The highest BCUT2D eigenvalue weighted by atomic mass is 16.7. The van der Waals surface area contributed by atoms with Gasteiger partial charge in [0.15, 0.2) is 12.1 Å². The summed E-state index contributed by atoms with van der Waals surface area (Å²) in [6.07, 6.45) is 17.1. The van der Waals surface area contributed by atoms with Crippen LogP contribution in [0, 0.1) is 35.5 Å². The smallest absolute Gasteiger partial charge is 0.305 e. The lowest BCUT2D eigenvalue weighted by Crippen LogP contribution is -2.30. The third kappa shape index (κ3) is 7.42. The van der Waals surface area contributed by atoms with Gasteiger partial charge in [0.1, 0.15) is 0 Å². The van der Waals surface area contributed by atoms with Crippen molar-refractivity contribution in [2.75, 3.05) is 13.7 Å². The summed E-state index contributed by atoms with van der Waals surface area (Å²) in [4.78, 5) is 23.9. The van der Waals surface area contributed by atoms with Gasteiger partial charge in [0.2, 0.25) is 0 Å². The Labute approximate surface area is 198 Å². The van der Waals surface area contributed by atoms with Crippen molar-refractivity contribution in [3.8, 4) is 11.8 Å². The van der Waals surface area contributed by atoms with E-state index in [2.05, 4.69) is 36.1 Å². The van der Waals surface area contributed by atoms with E-state index in [9.17, 15) is 9.59 Å². The molecule has 6 atom stereocenters. The molecule has 2 aliphatic carbocycles. The molecule has 0 aromatic rings. The van der Waals surface area contributed by atoms with Crippen molar-refractivity contribution >= 4 is 11.8 Å². The van der Waals surface area contributed by atoms with Crippen LogP contribution in [-0.2, 0) is 23.8 Å². The predicted octanol–water partition coefficient (Wildman–Crippen LogP) is 5.16. The van der Waals surface area contributed by atoms with Crippen molar-refractivity contribution in [3.05, 3.63) is 36.0 Å². The molecule has 0 amide bonds. The number of fused-ring (bicyclic) bond motifs is 1. The Morgan fingerprint density at radius 2 is 2.18 bits per heavy atom. The van der Waals surface area contributed by atoms with Crippen LogP contribution in [0.3, 0.4) is 0 Å². The molecule has 0 radical (unpaired) electrons. The number of carbonyl (C=O) groups is 2. The average Bonchev–Trinajstić information content (AvgIpc) is 3.36. The first-order valence-corrected chi connectivity index (χ1v) is 12.3. The fourth-order valence-electron chi connectivity index (χ4n) is 5.07. The summed E-state index contributed by atoms with van der Waals surface area (Å²) < 4.78 is 17.0. The van der Waals surface area contributed by atoms with Crippen LogP contribution in [0.4, 0.5) is 0 Å². The van der Waals surface area contributed by atoms with Gasteiger partial charge >= 0.3 is 5.97 Å². The van der Waals surface area contributed by atoms with Crippen LogP contribution in [0.1, 0.15) is 65.2 Å². The van der Waals surface area contributed by atoms with E-state index < -0.39 is 0 Å². The SMILES string of the molecule is CC#CCC(C)C(=O)/C=C\[C@H]1[C@H]2CC(C=CCCC(=O)OC)=C[C@@H]2C[C@H]1OC1CCCCO1. The van der Waals surface area contributed by atoms with Gasteiger partial charge in [-0.1, -0.05) is 36.8 Å².